The summed E-state index contributed by atoms with van der Waals surface area (Å²) in [6.45, 7) is 2.81. The molecule has 0 aromatic heterocycles. The summed E-state index contributed by atoms with van der Waals surface area (Å²) in [6.07, 6.45) is -0.981. The number of aliphatic hydroxyl groups is 1. The third-order valence-electron chi connectivity index (χ3n) is 5.08. The van der Waals surface area contributed by atoms with Crippen LogP contribution in [-0.2, 0) is 6.54 Å². The summed E-state index contributed by atoms with van der Waals surface area (Å²) in [5, 5.41) is 15.2. The first-order chi connectivity index (χ1) is 15.5. The number of anilines is 1. The molecule has 1 unspecified atom stereocenters. The largest absolute Gasteiger partial charge is 0.497 e. The molecule has 3 rings (SSSR count). The average molecular weight is 458 g/mol. The Morgan fingerprint density at radius 3 is 2.38 bits per heavy atom. The van der Waals surface area contributed by atoms with E-state index in [2.05, 4.69) is 5.32 Å². The van der Waals surface area contributed by atoms with E-state index in [9.17, 15) is 5.11 Å². The number of ether oxygens (including phenoxy) is 4. The number of methoxy groups -OCH3 is 3. The second-order valence-corrected chi connectivity index (χ2v) is 7.41. The van der Waals surface area contributed by atoms with Gasteiger partial charge in [0.15, 0.2) is 11.5 Å². The van der Waals surface area contributed by atoms with Crippen molar-refractivity contribution < 1.29 is 24.1 Å². The van der Waals surface area contributed by atoms with E-state index in [1.807, 2.05) is 43.3 Å². The van der Waals surface area contributed by atoms with Crippen molar-refractivity contribution in [2.24, 2.45) is 0 Å². The number of aliphatic hydroxyl groups excluding tert-OH is 1. The van der Waals surface area contributed by atoms with Crippen molar-refractivity contribution in [1.82, 2.24) is 0 Å². The van der Waals surface area contributed by atoms with Crippen molar-refractivity contribution in [3.8, 4) is 23.0 Å². The van der Waals surface area contributed by atoms with E-state index in [1.54, 1.807) is 39.5 Å². The standard InChI is InChI=1S/C25H28ClNO5/c1-5-32-25-19(7-6-8-22(25)30-3)24(28)20-13-17(26)10-12-21(20)27-15-16-9-11-18(29-2)14-23(16)31-4/h6-14,24,27-28H,5,15H2,1-4H3. The van der Waals surface area contributed by atoms with Crippen LogP contribution in [0.1, 0.15) is 29.7 Å². The van der Waals surface area contributed by atoms with Crippen LogP contribution in [0.15, 0.2) is 54.6 Å². The number of para-hydroxylation sites is 1. The molecule has 6 nitrogen and oxygen atoms in total. The number of rotatable bonds is 10. The van der Waals surface area contributed by atoms with Gasteiger partial charge in [0.1, 0.15) is 17.6 Å². The lowest BCUT2D eigenvalue weighted by Crippen LogP contribution is -2.10. The number of benzene rings is 3. The molecular weight excluding hydrogens is 430 g/mol. The molecule has 0 fully saturated rings. The monoisotopic (exact) mass is 457 g/mol. The highest BCUT2D eigenvalue weighted by Gasteiger charge is 2.22. The van der Waals surface area contributed by atoms with Gasteiger partial charge in [-0.25, -0.2) is 0 Å². The molecule has 7 heteroatoms. The van der Waals surface area contributed by atoms with Crippen LogP contribution in [0, 0.1) is 0 Å². The van der Waals surface area contributed by atoms with E-state index < -0.39 is 6.10 Å². The van der Waals surface area contributed by atoms with Gasteiger partial charge in [-0.3, -0.25) is 0 Å². The Hall–Kier alpha value is -3.09. The first kappa shape index (κ1) is 23.6. The highest BCUT2D eigenvalue weighted by molar-refractivity contribution is 6.30. The van der Waals surface area contributed by atoms with Crippen molar-refractivity contribution in [2.45, 2.75) is 19.6 Å². The van der Waals surface area contributed by atoms with Crippen LogP contribution >= 0.6 is 11.6 Å². The van der Waals surface area contributed by atoms with E-state index in [0.717, 1.165) is 17.0 Å². The summed E-state index contributed by atoms with van der Waals surface area (Å²) < 4.78 is 22.0. The molecule has 0 heterocycles. The molecule has 3 aromatic carbocycles. The predicted molar refractivity (Wildman–Crippen MR) is 127 cm³/mol. The first-order valence-corrected chi connectivity index (χ1v) is 10.6. The molecule has 0 amide bonds. The van der Waals surface area contributed by atoms with Crippen molar-refractivity contribution in [3.63, 3.8) is 0 Å². The van der Waals surface area contributed by atoms with Crippen LogP contribution in [0.4, 0.5) is 5.69 Å². The molecule has 32 heavy (non-hydrogen) atoms. The fourth-order valence-corrected chi connectivity index (χ4v) is 3.66. The van der Waals surface area contributed by atoms with Crippen molar-refractivity contribution in [2.75, 3.05) is 33.3 Å². The maximum Gasteiger partial charge on any atom is 0.167 e. The number of hydrogen-bond donors (Lipinski definition) is 2. The SMILES string of the molecule is CCOc1c(OC)cccc1C(O)c1cc(Cl)ccc1NCc1ccc(OC)cc1OC. The summed E-state index contributed by atoms with van der Waals surface area (Å²) in [7, 11) is 4.81. The van der Waals surface area contributed by atoms with Crippen LogP contribution in [0.25, 0.3) is 0 Å². The Labute approximate surface area is 193 Å². The lowest BCUT2D eigenvalue weighted by Gasteiger charge is -2.21. The topological polar surface area (TPSA) is 69.2 Å². The molecule has 0 saturated carbocycles. The van der Waals surface area contributed by atoms with Gasteiger partial charge < -0.3 is 29.4 Å². The maximum absolute atomic E-state index is 11.3. The average Bonchev–Trinajstić information content (AvgIpc) is 2.83. The maximum atomic E-state index is 11.3. The van der Waals surface area contributed by atoms with E-state index >= 15 is 0 Å². The lowest BCUT2D eigenvalue weighted by molar-refractivity contribution is 0.210. The van der Waals surface area contributed by atoms with Crippen molar-refractivity contribution in [3.05, 3.63) is 76.3 Å². The second kappa shape index (κ2) is 11.0. The van der Waals surface area contributed by atoms with Crippen LogP contribution in [0.5, 0.6) is 23.0 Å². The Morgan fingerprint density at radius 2 is 1.69 bits per heavy atom. The van der Waals surface area contributed by atoms with Crippen LogP contribution < -0.4 is 24.3 Å². The van der Waals surface area contributed by atoms with Crippen molar-refractivity contribution in [1.29, 1.82) is 0 Å². The normalized spacial score (nSPS) is 11.6. The zero-order valence-corrected chi connectivity index (χ0v) is 19.4. The van der Waals surface area contributed by atoms with Crippen LogP contribution in [0.2, 0.25) is 5.02 Å². The molecule has 2 N–H and O–H groups in total. The van der Waals surface area contributed by atoms with Gasteiger partial charge in [0.25, 0.3) is 0 Å². The molecule has 0 aliphatic rings. The highest BCUT2D eigenvalue weighted by atomic mass is 35.5. The Morgan fingerprint density at radius 1 is 0.906 bits per heavy atom. The zero-order valence-electron chi connectivity index (χ0n) is 18.6. The molecule has 0 aliphatic heterocycles. The van der Waals surface area contributed by atoms with Gasteiger partial charge in [-0.05, 0) is 43.3 Å². The number of nitrogens with one attached hydrogen (secondary N) is 1. The minimum absolute atomic E-state index is 0.442. The summed E-state index contributed by atoms with van der Waals surface area (Å²) >= 11 is 6.28. The Kier molecular flexibility index (Phi) is 8.09. The Balaban J connectivity index is 1.94. The van der Waals surface area contributed by atoms with Crippen LogP contribution in [-0.4, -0.2) is 33.0 Å². The summed E-state index contributed by atoms with van der Waals surface area (Å²) in [4.78, 5) is 0. The van der Waals surface area contributed by atoms with Gasteiger partial charge in [0, 0.05) is 40.0 Å². The Bertz CT molecular complexity index is 1060. The van der Waals surface area contributed by atoms with Crippen molar-refractivity contribution >= 4 is 17.3 Å². The molecule has 3 aromatic rings. The highest BCUT2D eigenvalue weighted by Crippen LogP contribution is 2.40. The lowest BCUT2D eigenvalue weighted by atomic mass is 9.98. The molecular formula is C25H28ClNO5. The number of hydrogen-bond acceptors (Lipinski definition) is 6. The van der Waals surface area contributed by atoms with E-state index in [1.165, 1.54) is 0 Å². The minimum atomic E-state index is -0.981. The zero-order chi connectivity index (χ0) is 23.1. The molecule has 0 bridgehead atoms. The van der Waals surface area contributed by atoms with E-state index in [4.69, 9.17) is 30.5 Å². The minimum Gasteiger partial charge on any atom is -0.497 e. The first-order valence-electron chi connectivity index (χ1n) is 10.2. The molecule has 0 spiro atoms. The predicted octanol–water partition coefficient (Wildman–Crippen LogP) is 5.46. The van der Waals surface area contributed by atoms with Gasteiger partial charge in [-0.1, -0.05) is 23.7 Å². The quantitative estimate of drug-likeness (QED) is 0.421. The molecule has 1 atom stereocenters. The fraction of sp³-hybridized carbons (Fsp3) is 0.280. The molecule has 0 radical (unpaired) electrons. The third-order valence-corrected chi connectivity index (χ3v) is 5.32. The van der Waals surface area contributed by atoms with Gasteiger partial charge in [-0.15, -0.1) is 0 Å². The fourth-order valence-electron chi connectivity index (χ4n) is 3.48. The second-order valence-electron chi connectivity index (χ2n) is 6.98. The van der Waals surface area contributed by atoms with Gasteiger partial charge >= 0.3 is 0 Å². The third kappa shape index (κ3) is 5.21. The molecule has 0 aliphatic carbocycles. The van der Waals surface area contributed by atoms with E-state index in [0.29, 0.717) is 46.5 Å². The summed E-state index contributed by atoms with van der Waals surface area (Å²) in [6, 6.07) is 16.4. The van der Waals surface area contributed by atoms with Gasteiger partial charge in [0.05, 0.1) is 27.9 Å². The molecule has 170 valence electrons. The number of halogens is 1. The molecule has 0 saturated heterocycles. The smallest absolute Gasteiger partial charge is 0.167 e. The van der Waals surface area contributed by atoms with Gasteiger partial charge in [-0.2, -0.15) is 0 Å². The summed E-state index contributed by atoms with van der Waals surface area (Å²) in [5.41, 5.74) is 2.91. The van der Waals surface area contributed by atoms with E-state index in [-0.39, 0.29) is 0 Å². The van der Waals surface area contributed by atoms with Crippen LogP contribution in [0.3, 0.4) is 0 Å². The summed E-state index contributed by atoms with van der Waals surface area (Å²) in [5.74, 6) is 2.49. The van der Waals surface area contributed by atoms with Gasteiger partial charge in [0.2, 0.25) is 0 Å².